The van der Waals surface area contributed by atoms with E-state index in [0.29, 0.717) is 19.0 Å². The van der Waals surface area contributed by atoms with Gasteiger partial charge in [-0.3, -0.25) is 0 Å². The highest BCUT2D eigenvalue weighted by molar-refractivity contribution is 5.49. The minimum Gasteiger partial charge on any atom is -0.380 e. The Bertz CT molecular complexity index is 387. The molecule has 0 aliphatic carbocycles. The Kier molecular flexibility index (Phi) is 7.91. The molecule has 1 aromatic rings. The van der Waals surface area contributed by atoms with E-state index in [4.69, 9.17) is 9.47 Å². The monoisotopic (exact) mass is 282 g/mol. The molecule has 0 spiro atoms. The van der Waals surface area contributed by atoms with E-state index >= 15 is 0 Å². The molecule has 1 aromatic heterocycles. The van der Waals surface area contributed by atoms with Gasteiger partial charge in [-0.05, 0) is 13.3 Å². The van der Waals surface area contributed by atoms with Crippen LogP contribution in [0.4, 0.5) is 11.6 Å². The van der Waals surface area contributed by atoms with E-state index in [1.807, 2.05) is 20.0 Å². The number of hydrogen-bond acceptors (Lipinski definition) is 6. The highest BCUT2D eigenvalue weighted by atomic mass is 16.5. The number of likely N-dealkylation sites (N-methyl/N-ethyl adjacent to an activating group) is 1. The second-order valence-corrected chi connectivity index (χ2v) is 4.51. The molecule has 0 amide bonds. The molecule has 0 atom stereocenters. The van der Waals surface area contributed by atoms with Crippen molar-refractivity contribution >= 4 is 11.6 Å². The Balaban J connectivity index is 2.78. The van der Waals surface area contributed by atoms with E-state index in [0.717, 1.165) is 37.8 Å². The molecule has 1 heterocycles. The van der Waals surface area contributed by atoms with Crippen LogP contribution < -0.4 is 10.2 Å². The third-order valence-electron chi connectivity index (χ3n) is 2.75. The molecular formula is C14H26N4O2. The standard InChI is InChI=1S/C14H26N4O2/c1-5-7-15-12-10-14(17-13(16-12)11-19-4)18(3)8-9-20-6-2/h10H,5-9,11H2,1-4H3,(H,15,16,17). The fraction of sp³-hybridized carbons (Fsp3) is 0.714. The molecule has 0 radical (unpaired) electrons. The van der Waals surface area contributed by atoms with Crippen molar-refractivity contribution in [2.24, 2.45) is 0 Å². The summed E-state index contributed by atoms with van der Waals surface area (Å²) in [5.41, 5.74) is 0. The number of nitrogens with zero attached hydrogens (tertiary/aromatic N) is 3. The molecule has 0 unspecified atom stereocenters. The first-order valence-electron chi connectivity index (χ1n) is 7.10. The summed E-state index contributed by atoms with van der Waals surface area (Å²) in [5, 5.41) is 3.29. The van der Waals surface area contributed by atoms with Gasteiger partial charge in [-0.2, -0.15) is 0 Å². The molecule has 6 heteroatoms. The van der Waals surface area contributed by atoms with Crippen molar-refractivity contribution in [2.45, 2.75) is 26.9 Å². The van der Waals surface area contributed by atoms with E-state index in [9.17, 15) is 0 Å². The molecule has 1 rings (SSSR count). The van der Waals surface area contributed by atoms with Crippen LogP contribution in [-0.2, 0) is 16.1 Å². The average Bonchev–Trinajstić information content (AvgIpc) is 2.45. The Morgan fingerprint density at radius 1 is 1.30 bits per heavy atom. The van der Waals surface area contributed by atoms with Crippen LogP contribution in [-0.4, -0.2) is 50.4 Å². The van der Waals surface area contributed by atoms with E-state index in [1.54, 1.807) is 7.11 Å². The highest BCUT2D eigenvalue weighted by Gasteiger charge is 2.08. The van der Waals surface area contributed by atoms with Crippen molar-refractivity contribution in [3.05, 3.63) is 11.9 Å². The lowest BCUT2D eigenvalue weighted by Crippen LogP contribution is -2.24. The minimum absolute atomic E-state index is 0.411. The summed E-state index contributed by atoms with van der Waals surface area (Å²) in [4.78, 5) is 11.0. The summed E-state index contributed by atoms with van der Waals surface area (Å²) in [6, 6.07) is 1.96. The molecule has 0 aliphatic rings. The van der Waals surface area contributed by atoms with Gasteiger partial charge in [0.15, 0.2) is 5.82 Å². The normalized spacial score (nSPS) is 10.6. The predicted molar refractivity (Wildman–Crippen MR) is 81.3 cm³/mol. The third-order valence-corrected chi connectivity index (χ3v) is 2.75. The molecule has 0 aliphatic heterocycles. The molecule has 0 aromatic carbocycles. The predicted octanol–water partition coefficient (Wildman–Crippen LogP) is 1.92. The molecule has 20 heavy (non-hydrogen) atoms. The number of anilines is 2. The number of hydrogen-bond donors (Lipinski definition) is 1. The smallest absolute Gasteiger partial charge is 0.158 e. The zero-order chi connectivity index (χ0) is 14.8. The largest absolute Gasteiger partial charge is 0.380 e. The number of methoxy groups -OCH3 is 1. The molecule has 0 saturated carbocycles. The Morgan fingerprint density at radius 3 is 2.75 bits per heavy atom. The van der Waals surface area contributed by atoms with Crippen molar-refractivity contribution in [1.82, 2.24) is 9.97 Å². The summed E-state index contributed by atoms with van der Waals surface area (Å²) in [6.07, 6.45) is 1.05. The van der Waals surface area contributed by atoms with Crippen LogP contribution in [0.1, 0.15) is 26.1 Å². The number of nitrogens with one attached hydrogen (secondary N) is 1. The third kappa shape index (κ3) is 5.71. The number of aromatic nitrogens is 2. The molecule has 1 N–H and O–H groups in total. The summed E-state index contributed by atoms with van der Waals surface area (Å²) in [5.74, 6) is 2.41. The quantitative estimate of drug-likeness (QED) is 0.662. The van der Waals surface area contributed by atoms with Crippen LogP contribution in [0.5, 0.6) is 0 Å². The van der Waals surface area contributed by atoms with Crippen molar-refractivity contribution in [3.63, 3.8) is 0 Å². The second kappa shape index (κ2) is 9.50. The zero-order valence-corrected chi connectivity index (χ0v) is 13.0. The maximum Gasteiger partial charge on any atom is 0.158 e. The Hall–Kier alpha value is -1.40. The lowest BCUT2D eigenvalue weighted by atomic mass is 10.4. The molecule has 114 valence electrons. The first kappa shape index (κ1) is 16.7. The first-order chi connectivity index (χ1) is 9.71. The van der Waals surface area contributed by atoms with E-state index < -0.39 is 0 Å². The summed E-state index contributed by atoms with van der Waals surface area (Å²) >= 11 is 0. The number of rotatable bonds is 10. The van der Waals surface area contributed by atoms with Crippen LogP contribution in [0, 0.1) is 0 Å². The van der Waals surface area contributed by atoms with E-state index in [2.05, 4.69) is 27.1 Å². The fourth-order valence-electron chi connectivity index (χ4n) is 1.68. The van der Waals surface area contributed by atoms with Gasteiger partial charge in [-0.25, -0.2) is 9.97 Å². The van der Waals surface area contributed by atoms with Crippen LogP contribution in [0.3, 0.4) is 0 Å². The van der Waals surface area contributed by atoms with Crippen molar-refractivity contribution < 1.29 is 9.47 Å². The Morgan fingerprint density at radius 2 is 2.10 bits per heavy atom. The minimum atomic E-state index is 0.411. The van der Waals surface area contributed by atoms with Gasteiger partial charge in [0, 0.05) is 39.9 Å². The molecule has 6 nitrogen and oxygen atoms in total. The Labute approximate surface area is 121 Å². The molecule has 0 fully saturated rings. The van der Waals surface area contributed by atoms with Gasteiger partial charge < -0.3 is 19.7 Å². The van der Waals surface area contributed by atoms with Gasteiger partial charge in [0.1, 0.15) is 18.2 Å². The van der Waals surface area contributed by atoms with Crippen LogP contribution >= 0.6 is 0 Å². The first-order valence-corrected chi connectivity index (χ1v) is 7.10. The lowest BCUT2D eigenvalue weighted by Gasteiger charge is -2.19. The van der Waals surface area contributed by atoms with Gasteiger partial charge in [-0.1, -0.05) is 6.92 Å². The van der Waals surface area contributed by atoms with Gasteiger partial charge in [-0.15, -0.1) is 0 Å². The molecule has 0 saturated heterocycles. The average molecular weight is 282 g/mol. The van der Waals surface area contributed by atoms with E-state index in [1.165, 1.54) is 0 Å². The summed E-state index contributed by atoms with van der Waals surface area (Å²) in [7, 11) is 3.65. The molecule has 0 bridgehead atoms. The van der Waals surface area contributed by atoms with E-state index in [-0.39, 0.29) is 0 Å². The summed E-state index contributed by atoms with van der Waals surface area (Å²) in [6.45, 7) is 7.64. The fourth-order valence-corrected chi connectivity index (χ4v) is 1.68. The second-order valence-electron chi connectivity index (χ2n) is 4.51. The van der Waals surface area contributed by atoms with Gasteiger partial charge >= 0.3 is 0 Å². The maximum absolute atomic E-state index is 5.37. The van der Waals surface area contributed by atoms with Gasteiger partial charge in [0.05, 0.1) is 6.61 Å². The summed E-state index contributed by atoms with van der Waals surface area (Å²) < 4.78 is 10.5. The van der Waals surface area contributed by atoms with Crippen LogP contribution in [0.2, 0.25) is 0 Å². The number of ether oxygens (including phenoxy) is 2. The maximum atomic E-state index is 5.37. The molecular weight excluding hydrogens is 256 g/mol. The van der Waals surface area contributed by atoms with Crippen molar-refractivity contribution in [1.29, 1.82) is 0 Å². The van der Waals surface area contributed by atoms with Crippen molar-refractivity contribution in [2.75, 3.05) is 50.7 Å². The lowest BCUT2D eigenvalue weighted by molar-refractivity contribution is 0.154. The van der Waals surface area contributed by atoms with Crippen LogP contribution in [0.15, 0.2) is 6.07 Å². The van der Waals surface area contributed by atoms with Crippen molar-refractivity contribution in [3.8, 4) is 0 Å². The van der Waals surface area contributed by atoms with Gasteiger partial charge in [0.2, 0.25) is 0 Å². The van der Waals surface area contributed by atoms with Gasteiger partial charge in [0.25, 0.3) is 0 Å². The van der Waals surface area contributed by atoms with Crippen LogP contribution in [0.25, 0.3) is 0 Å². The topological polar surface area (TPSA) is 59.5 Å². The SMILES string of the molecule is CCCNc1cc(N(C)CCOCC)nc(COC)n1. The highest BCUT2D eigenvalue weighted by Crippen LogP contribution is 2.15. The zero-order valence-electron chi connectivity index (χ0n) is 13.0.